The summed E-state index contributed by atoms with van der Waals surface area (Å²) >= 11 is -0.106. The maximum absolute atomic E-state index is 4.81. The van der Waals surface area contributed by atoms with Gasteiger partial charge in [0.1, 0.15) is 0 Å². The van der Waals surface area contributed by atoms with Gasteiger partial charge in [-0.25, -0.2) is 0 Å². The average molecular weight is 734 g/mol. The van der Waals surface area contributed by atoms with Crippen LogP contribution in [0.25, 0.3) is 0 Å². The molecule has 40 heavy (non-hydrogen) atoms. The van der Waals surface area contributed by atoms with Crippen molar-refractivity contribution in [3.8, 4) is 0 Å². The largest absolute Gasteiger partial charge is 0 e. The maximum atomic E-state index is 4.81. The summed E-state index contributed by atoms with van der Waals surface area (Å²) in [5.41, 5.74) is 1.06. The molecule has 0 saturated carbocycles. The Morgan fingerprint density at radius 1 is 0.400 bits per heavy atom. The van der Waals surface area contributed by atoms with Crippen LogP contribution in [-0.4, -0.2) is 11.3 Å². The second kappa shape index (κ2) is 18.8. The number of halogens is 2. The van der Waals surface area contributed by atoms with Crippen molar-refractivity contribution in [3.63, 3.8) is 0 Å². The second-order valence-corrected chi connectivity index (χ2v) is 15.7. The summed E-state index contributed by atoms with van der Waals surface area (Å²) < 4.78 is 0. The molecule has 2 aliphatic rings. The molecule has 4 aromatic carbocycles. The molecule has 0 heterocycles. The summed E-state index contributed by atoms with van der Waals surface area (Å²) in [6.07, 6.45) is 17.9. The second-order valence-electron chi connectivity index (χ2n) is 8.65. The molecule has 0 bridgehead atoms. The quantitative estimate of drug-likeness (QED) is 0.138. The van der Waals surface area contributed by atoms with Crippen LogP contribution in [0.15, 0.2) is 170 Å². The Morgan fingerprint density at radius 2 is 0.600 bits per heavy atom. The molecule has 0 saturated heterocycles. The van der Waals surface area contributed by atoms with E-state index in [0.717, 1.165) is 0 Å². The standard InChI is InChI=1S/2C17H15P.2ClH.Fe.Pd/c2*1-3-9-15(10-4-1)18(17-13-7-8-14-17)16-11-5-2-6-12-16;;;;/h2*1-14,17H;2*1H;;/q;;;;;+2/p-2. The van der Waals surface area contributed by atoms with Crippen LogP contribution in [0.2, 0.25) is 0 Å². The van der Waals surface area contributed by atoms with Crippen molar-refractivity contribution in [2.45, 2.75) is 11.3 Å². The van der Waals surface area contributed by atoms with Gasteiger partial charge in [-0.1, -0.05) is 170 Å². The van der Waals surface area contributed by atoms with Crippen molar-refractivity contribution in [3.05, 3.63) is 170 Å². The summed E-state index contributed by atoms with van der Waals surface area (Å²) in [5, 5.41) is 5.78. The molecule has 0 nitrogen and oxygen atoms in total. The number of benzene rings is 4. The normalized spacial score (nSPS) is 13.6. The first-order chi connectivity index (χ1) is 19.3. The van der Waals surface area contributed by atoms with Gasteiger partial charge in [-0.3, -0.25) is 0 Å². The van der Waals surface area contributed by atoms with Gasteiger partial charge in [-0.15, -0.1) is 0 Å². The molecular formula is C34H30Cl2FeP2Pd. The van der Waals surface area contributed by atoms with E-state index < -0.39 is 0 Å². The molecule has 0 atom stereocenters. The minimum Gasteiger partial charge on any atom is 0 e. The first kappa shape index (κ1) is 33.0. The number of rotatable bonds is 6. The fraction of sp³-hybridized carbons (Fsp3) is 0.0588. The average Bonchev–Trinajstić information content (AvgIpc) is 3.72. The SMILES string of the molecule is C1=CC(P(c2ccccc2)c2ccccc2)C=C1.C1=CC(P(c2ccccc2)c2ccccc2)C=C1.[Cl][Pd][Cl].[Fe]. The van der Waals surface area contributed by atoms with E-state index in [4.69, 9.17) is 19.1 Å². The Balaban J connectivity index is 0.000000197. The van der Waals surface area contributed by atoms with Crippen LogP contribution in [0, 0.1) is 0 Å². The van der Waals surface area contributed by atoms with E-state index >= 15 is 0 Å². The maximum Gasteiger partial charge on any atom is 0 e. The van der Waals surface area contributed by atoms with Crippen molar-refractivity contribution < 1.29 is 33.0 Å². The van der Waals surface area contributed by atoms with Crippen molar-refractivity contribution in [1.82, 2.24) is 0 Å². The van der Waals surface area contributed by atoms with Gasteiger partial charge < -0.3 is 0 Å². The van der Waals surface area contributed by atoms with Gasteiger partial charge in [-0.05, 0) is 37.1 Å². The predicted molar refractivity (Wildman–Crippen MR) is 174 cm³/mol. The molecule has 0 spiro atoms. The van der Waals surface area contributed by atoms with Gasteiger partial charge in [0.2, 0.25) is 0 Å². The molecule has 4 aromatic rings. The van der Waals surface area contributed by atoms with Gasteiger partial charge >= 0.3 is 35.0 Å². The van der Waals surface area contributed by atoms with Gasteiger partial charge in [0.25, 0.3) is 0 Å². The van der Waals surface area contributed by atoms with Crippen LogP contribution in [0.5, 0.6) is 0 Å². The smallest absolute Gasteiger partial charge is 0 e. The zero-order valence-corrected chi connectivity index (χ0v) is 27.6. The van der Waals surface area contributed by atoms with E-state index in [1.54, 1.807) is 0 Å². The Hall–Kier alpha value is -1.54. The molecule has 6 rings (SSSR count). The Bertz CT molecular complexity index is 1150. The number of hydrogen-bond acceptors (Lipinski definition) is 0. The van der Waals surface area contributed by atoms with Crippen LogP contribution < -0.4 is 21.2 Å². The van der Waals surface area contributed by atoms with E-state index in [-0.39, 0.29) is 48.9 Å². The Kier molecular flexibility index (Phi) is 15.5. The predicted octanol–water partition coefficient (Wildman–Crippen LogP) is 8.60. The molecule has 0 unspecified atom stereocenters. The van der Waals surface area contributed by atoms with E-state index in [2.05, 4.69) is 170 Å². The number of hydrogen-bond donors (Lipinski definition) is 0. The van der Waals surface area contributed by atoms with Crippen molar-refractivity contribution in [2.24, 2.45) is 0 Å². The fourth-order valence-electron chi connectivity index (χ4n) is 4.53. The third kappa shape index (κ3) is 9.78. The molecule has 2 aliphatic carbocycles. The molecule has 0 aliphatic heterocycles. The van der Waals surface area contributed by atoms with E-state index in [9.17, 15) is 0 Å². The first-order valence-corrected chi connectivity index (χ1v) is 19.5. The van der Waals surface area contributed by atoms with Crippen molar-refractivity contribution >= 4 is 56.1 Å². The van der Waals surface area contributed by atoms with Crippen LogP contribution in [0.4, 0.5) is 0 Å². The van der Waals surface area contributed by atoms with E-state index in [0.29, 0.717) is 11.3 Å². The van der Waals surface area contributed by atoms with Gasteiger partial charge in [0.05, 0.1) is 0 Å². The van der Waals surface area contributed by atoms with Crippen molar-refractivity contribution in [2.75, 3.05) is 0 Å². The molecule has 208 valence electrons. The fourth-order valence-corrected chi connectivity index (χ4v) is 9.56. The summed E-state index contributed by atoms with van der Waals surface area (Å²) in [7, 11) is 8.98. The van der Waals surface area contributed by atoms with E-state index in [1.165, 1.54) is 21.2 Å². The van der Waals surface area contributed by atoms with Gasteiger partial charge in [-0.2, -0.15) is 0 Å². The topological polar surface area (TPSA) is 0 Å². The van der Waals surface area contributed by atoms with Crippen LogP contribution in [0.3, 0.4) is 0 Å². The first-order valence-electron chi connectivity index (χ1n) is 12.6. The Morgan fingerprint density at radius 3 is 0.800 bits per heavy atom. The van der Waals surface area contributed by atoms with Gasteiger partial charge in [0.15, 0.2) is 0 Å². The molecule has 6 heteroatoms. The van der Waals surface area contributed by atoms with Gasteiger partial charge in [0, 0.05) is 28.4 Å². The number of allylic oxidation sites excluding steroid dienone is 8. The molecule has 0 N–H and O–H groups in total. The molecule has 0 amide bonds. The summed E-state index contributed by atoms with van der Waals surface area (Å²) in [6, 6.07) is 43.4. The Labute approximate surface area is 268 Å². The van der Waals surface area contributed by atoms with Crippen LogP contribution >= 0.6 is 34.9 Å². The minimum atomic E-state index is -0.326. The summed E-state index contributed by atoms with van der Waals surface area (Å²) in [5.74, 6) is 0. The molecule has 0 aromatic heterocycles. The minimum absolute atomic E-state index is 0. The van der Waals surface area contributed by atoms with E-state index in [1.807, 2.05) is 0 Å². The van der Waals surface area contributed by atoms with Crippen molar-refractivity contribution in [1.29, 1.82) is 0 Å². The molecule has 0 fully saturated rings. The van der Waals surface area contributed by atoms with Crippen LogP contribution in [-0.2, 0) is 33.0 Å². The van der Waals surface area contributed by atoms with Crippen LogP contribution in [0.1, 0.15) is 0 Å². The summed E-state index contributed by atoms with van der Waals surface area (Å²) in [6.45, 7) is 0. The monoisotopic (exact) mass is 732 g/mol. The summed E-state index contributed by atoms with van der Waals surface area (Å²) in [4.78, 5) is 0. The zero-order chi connectivity index (χ0) is 27.1. The zero-order valence-electron chi connectivity index (χ0n) is 21.6. The third-order valence-corrected chi connectivity index (χ3v) is 11.5. The molecular weight excluding hydrogens is 703 g/mol. The molecule has 0 radical (unpaired) electrons. The third-order valence-electron chi connectivity index (χ3n) is 6.19.